The molecule has 2 saturated heterocycles. The Morgan fingerprint density at radius 2 is 1.80 bits per heavy atom. The fourth-order valence-electron chi connectivity index (χ4n) is 2.40. The fraction of sp³-hybridized carbons (Fsp3) is 1.00. The topological polar surface area (TPSA) is 47.9 Å². The third-order valence-electron chi connectivity index (χ3n) is 3.02. The first-order valence-corrected chi connectivity index (χ1v) is 5.56. The van der Waals surface area contributed by atoms with Crippen molar-refractivity contribution in [2.24, 2.45) is 5.92 Å². The average molecular weight is 216 g/mol. The molecule has 2 rings (SSSR count). The van der Waals surface area contributed by atoms with Crippen molar-refractivity contribution in [1.29, 1.82) is 0 Å². The van der Waals surface area contributed by atoms with Crippen LogP contribution < -0.4 is 0 Å². The van der Waals surface area contributed by atoms with Gasteiger partial charge in [0.2, 0.25) is 0 Å². The van der Waals surface area contributed by atoms with E-state index in [2.05, 4.69) is 13.8 Å². The Hall–Kier alpha value is -0.160. The maximum Gasteiger partial charge on any atom is 0.164 e. The molecule has 15 heavy (non-hydrogen) atoms. The molecule has 2 aliphatic heterocycles. The Bertz CT molecular complexity index is 239. The van der Waals surface area contributed by atoms with Gasteiger partial charge in [0, 0.05) is 0 Å². The molecule has 0 aromatic heterocycles. The Labute approximate surface area is 90.5 Å². The zero-order valence-electron chi connectivity index (χ0n) is 9.77. The quantitative estimate of drug-likeness (QED) is 0.745. The summed E-state index contributed by atoms with van der Waals surface area (Å²) < 4.78 is 17.3. The maximum absolute atomic E-state index is 9.22. The smallest absolute Gasteiger partial charge is 0.164 e. The van der Waals surface area contributed by atoms with Crippen molar-refractivity contribution in [3.63, 3.8) is 0 Å². The number of aliphatic hydroxyl groups excluding tert-OH is 1. The van der Waals surface area contributed by atoms with Crippen LogP contribution in [0.25, 0.3) is 0 Å². The summed E-state index contributed by atoms with van der Waals surface area (Å²) >= 11 is 0. The molecule has 2 fully saturated rings. The lowest BCUT2D eigenvalue weighted by Gasteiger charge is -2.25. The predicted octanol–water partition coefficient (Wildman–Crippen LogP) is 0.922. The van der Waals surface area contributed by atoms with Crippen molar-refractivity contribution in [1.82, 2.24) is 0 Å². The Morgan fingerprint density at radius 1 is 1.20 bits per heavy atom. The molecule has 88 valence electrons. The summed E-state index contributed by atoms with van der Waals surface area (Å²) in [7, 11) is 0. The Morgan fingerprint density at radius 3 is 2.33 bits per heavy atom. The van der Waals surface area contributed by atoms with Crippen LogP contribution in [0.15, 0.2) is 0 Å². The van der Waals surface area contributed by atoms with Gasteiger partial charge in [-0.2, -0.15) is 0 Å². The van der Waals surface area contributed by atoms with Crippen LogP contribution in [0.5, 0.6) is 0 Å². The van der Waals surface area contributed by atoms with Crippen LogP contribution in [0.4, 0.5) is 0 Å². The van der Waals surface area contributed by atoms with E-state index >= 15 is 0 Å². The molecule has 0 bridgehead atoms. The normalized spacial score (nSPS) is 43.6. The molecule has 0 unspecified atom stereocenters. The highest BCUT2D eigenvalue weighted by Crippen LogP contribution is 2.40. The number of hydrogen-bond donors (Lipinski definition) is 1. The molecule has 0 aromatic carbocycles. The van der Waals surface area contributed by atoms with Crippen LogP contribution in [0.2, 0.25) is 0 Å². The molecule has 4 atom stereocenters. The molecule has 4 heteroatoms. The molecule has 0 amide bonds. The van der Waals surface area contributed by atoms with Crippen LogP contribution in [-0.4, -0.2) is 41.9 Å². The van der Waals surface area contributed by atoms with Crippen molar-refractivity contribution in [3.8, 4) is 0 Å². The summed E-state index contributed by atoms with van der Waals surface area (Å²) in [6.07, 6.45) is -0.396. The van der Waals surface area contributed by atoms with E-state index < -0.39 is 5.79 Å². The second-order valence-electron chi connectivity index (χ2n) is 5.13. The van der Waals surface area contributed by atoms with Gasteiger partial charge in [-0.15, -0.1) is 0 Å². The van der Waals surface area contributed by atoms with Crippen LogP contribution in [-0.2, 0) is 14.2 Å². The Balaban J connectivity index is 2.15. The van der Waals surface area contributed by atoms with Gasteiger partial charge in [-0.1, -0.05) is 13.8 Å². The van der Waals surface area contributed by atoms with Gasteiger partial charge in [-0.05, 0) is 19.8 Å². The molecule has 2 heterocycles. The van der Waals surface area contributed by atoms with E-state index in [1.807, 2.05) is 13.8 Å². The summed E-state index contributed by atoms with van der Waals surface area (Å²) in [5.74, 6) is -0.189. The van der Waals surface area contributed by atoms with Gasteiger partial charge in [0.05, 0.1) is 12.7 Å². The van der Waals surface area contributed by atoms with Crippen LogP contribution in [0.3, 0.4) is 0 Å². The van der Waals surface area contributed by atoms with Crippen molar-refractivity contribution in [3.05, 3.63) is 0 Å². The first kappa shape index (κ1) is 11.3. The number of rotatable bonds is 2. The monoisotopic (exact) mass is 216 g/mol. The van der Waals surface area contributed by atoms with Crippen molar-refractivity contribution in [2.45, 2.75) is 57.9 Å². The summed E-state index contributed by atoms with van der Waals surface area (Å²) in [5.41, 5.74) is 0. The zero-order valence-corrected chi connectivity index (χ0v) is 9.77. The minimum atomic E-state index is -0.556. The SMILES string of the molecule is CC(C)[C@@H]1O[C@H](CO)[C@H]2OC(C)(C)O[C@H]21. The summed E-state index contributed by atoms with van der Waals surface area (Å²) in [5, 5.41) is 9.22. The van der Waals surface area contributed by atoms with Gasteiger partial charge in [0.15, 0.2) is 5.79 Å². The predicted molar refractivity (Wildman–Crippen MR) is 54.4 cm³/mol. The summed E-state index contributed by atoms with van der Waals surface area (Å²) in [6.45, 7) is 7.98. The lowest BCUT2D eigenvalue weighted by Crippen LogP contribution is -2.33. The highest BCUT2D eigenvalue weighted by Gasteiger charge is 2.55. The molecule has 0 aliphatic carbocycles. The van der Waals surface area contributed by atoms with E-state index in [1.54, 1.807) is 0 Å². The fourth-order valence-corrected chi connectivity index (χ4v) is 2.40. The van der Waals surface area contributed by atoms with Crippen LogP contribution in [0, 0.1) is 5.92 Å². The lowest BCUT2D eigenvalue weighted by molar-refractivity contribution is -0.194. The lowest BCUT2D eigenvalue weighted by atomic mass is 10.00. The van der Waals surface area contributed by atoms with Gasteiger partial charge >= 0.3 is 0 Å². The van der Waals surface area contributed by atoms with Crippen molar-refractivity contribution >= 4 is 0 Å². The van der Waals surface area contributed by atoms with Crippen LogP contribution in [0.1, 0.15) is 27.7 Å². The van der Waals surface area contributed by atoms with Gasteiger partial charge in [-0.3, -0.25) is 0 Å². The largest absolute Gasteiger partial charge is 0.394 e. The second kappa shape index (κ2) is 3.70. The highest BCUT2D eigenvalue weighted by molar-refractivity contribution is 4.98. The molecule has 1 N–H and O–H groups in total. The molecule has 4 nitrogen and oxygen atoms in total. The number of hydrogen-bond acceptors (Lipinski definition) is 4. The molecule has 0 aromatic rings. The van der Waals surface area contributed by atoms with Gasteiger partial charge < -0.3 is 19.3 Å². The van der Waals surface area contributed by atoms with Crippen molar-refractivity contribution < 1.29 is 19.3 Å². The molecule has 0 saturated carbocycles. The Kier molecular flexibility index (Phi) is 2.79. The molecule has 2 aliphatic rings. The third-order valence-corrected chi connectivity index (χ3v) is 3.02. The second-order valence-corrected chi connectivity index (χ2v) is 5.13. The maximum atomic E-state index is 9.22. The highest BCUT2D eigenvalue weighted by atomic mass is 16.8. The summed E-state index contributed by atoms with van der Waals surface area (Å²) in [6, 6.07) is 0. The van der Waals surface area contributed by atoms with Gasteiger partial charge in [-0.25, -0.2) is 0 Å². The van der Waals surface area contributed by atoms with E-state index in [0.717, 1.165) is 0 Å². The van der Waals surface area contributed by atoms with Crippen LogP contribution >= 0.6 is 0 Å². The third kappa shape index (κ3) is 1.91. The zero-order chi connectivity index (χ0) is 11.2. The number of ether oxygens (including phenoxy) is 3. The molecule has 0 radical (unpaired) electrons. The number of aliphatic hydroxyl groups is 1. The molecule has 0 spiro atoms. The number of fused-ring (bicyclic) bond motifs is 1. The first-order valence-electron chi connectivity index (χ1n) is 5.56. The van der Waals surface area contributed by atoms with E-state index in [4.69, 9.17) is 14.2 Å². The standard InChI is InChI=1S/C11H20O4/c1-6(2)8-10-9(7(5-12)13-8)14-11(3,4)15-10/h6-10,12H,5H2,1-4H3/t7-,8+,9-,10+/m1/s1. The average Bonchev–Trinajstić information content (AvgIpc) is 2.57. The van der Waals surface area contributed by atoms with Crippen molar-refractivity contribution in [2.75, 3.05) is 6.61 Å². The van der Waals surface area contributed by atoms with E-state index in [1.165, 1.54) is 0 Å². The molecular weight excluding hydrogens is 196 g/mol. The van der Waals surface area contributed by atoms with E-state index in [-0.39, 0.29) is 31.0 Å². The first-order chi connectivity index (χ1) is 6.94. The van der Waals surface area contributed by atoms with E-state index in [0.29, 0.717) is 5.92 Å². The minimum Gasteiger partial charge on any atom is -0.394 e. The van der Waals surface area contributed by atoms with Gasteiger partial charge in [0.25, 0.3) is 0 Å². The van der Waals surface area contributed by atoms with E-state index in [9.17, 15) is 5.11 Å². The van der Waals surface area contributed by atoms with Gasteiger partial charge in [0.1, 0.15) is 18.3 Å². The molecular formula is C11H20O4. The summed E-state index contributed by atoms with van der Waals surface area (Å²) in [4.78, 5) is 0. The minimum absolute atomic E-state index is 0.0101.